The van der Waals surface area contributed by atoms with E-state index in [0.29, 0.717) is 29.1 Å². The summed E-state index contributed by atoms with van der Waals surface area (Å²) in [7, 11) is 0. The van der Waals surface area contributed by atoms with E-state index in [1.165, 1.54) is 5.56 Å². The van der Waals surface area contributed by atoms with Gasteiger partial charge in [-0.15, -0.1) is 0 Å². The zero-order valence-electron chi connectivity index (χ0n) is 20.0. The number of likely N-dealkylation sites (tertiary alicyclic amines) is 1. The summed E-state index contributed by atoms with van der Waals surface area (Å²) < 4.78 is 13.6. The smallest absolute Gasteiger partial charge is 0.237 e. The molecule has 1 aliphatic heterocycles. The van der Waals surface area contributed by atoms with Crippen molar-refractivity contribution in [1.29, 1.82) is 0 Å². The molecule has 1 amide bonds. The summed E-state index contributed by atoms with van der Waals surface area (Å²) in [5.74, 6) is 0.341. The number of aromatic amines is 1. The minimum Gasteiger partial charge on any atom is -0.351 e. The molecule has 3 heterocycles. The maximum atomic E-state index is 13.6. The maximum Gasteiger partial charge on any atom is 0.237 e. The predicted molar refractivity (Wildman–Crippen MR) is 134 cm³/mol. The standard InChI is InChI=1S/C26H33ClFN5O/c1-4-33-15-19(8-18-5-6-24(28)16(2)7-18)9-21(33)13-29-17(3)26(34)32-12-20-10-22-23(27)14-31-25(22)30-11-20/h5-7,10-11,14,17,19,21,29H,4,8-9,12-13,15H2,1-3H3,(H,30,31)(H,32,34)/t17-,19-,21+/m0/s1. The second kappa shape index (κ2) is 10.8. The van der Waals surface area contributed by atoms with Gasteiger partial charge < -0.3 is 15.6 Å². The number of hydrogen-bond acceptors (Lipinski definition) is 4. The number of likely N-dealkylation sites (N-methyl/N-ethyl adjacent to an activating group) is 1. The number of aryl methyl sites for hydroxylation is 1. The van der Waals surface area contributed by atoms with E-state index in [2.05, 4.69) is 32.4 Å². The number of halogens is 2. The highest BCUT2D eigenvalue weighted by Crippen LogP contribution is 2.27. The average molecular weight is 486 g/mol. The van der Waals surface area contributed by atoms with Crippen LogP contribution in [-0.2, 0) is 17.8 Å². The van der Waals surface area contributed by atoms with Gasteiger partial charge in [-0.05, 0) is 68.0 Å². The molecule has 3 aromatic rings. The van der Waals surface area contributed by atoms with Crippen LogP contribution in [-0.4, -0.2) is 52.5 Å². The Bertz CT molecular complexity index is 1150. The van der Waals surface area contributed by atoms with Crippen LogP contribution < -0.4 is 10.6 Å². The second-order valence-electron chi connectivity index (χ2n) is 9.35. The SMILES string of the molecule is CCN1C[C@@H](Cc2ccc(F)c(C)c2)C[C@@H]1CN[C@@H](C)C(=O)NCc1cnc2[nH]cc(Cl)c2c1. The molecule has 0 bridgehead atoms. The number of aromatic nitrogens is 2. The third kappa shape index (κ3) is 5.77. The molecule has 6 nitrogen and oxygen atoms in total. The third-order valence-corrected chi connectivity index (χ3v) is 7.14. The van der Waals surface area contributed by atoms with Gasteiger partial charge in [0.2, 0.25) is 5.91 Å². The fourth-order valence-electron chi connectivity index (χ4n) is 4.86. The van der Waals surface area contributed by atoms with Crippen LogP contribution >= 0.6 is 11.6 Å². The molecule has 0 radical (unpaired) electrons. The Kier molecular flexibility index (Phi) is 7.86. The molecule has 3 atom stereocenters. The van der Waals surface area contributed by atoms with Crippen LogP contribution in [0.2, 0.25) is 5.02 Å². The van der Waals surface area contributed by atoms with Gasteiger partial charge in [0.15, 0.2) is 0 Å². The lowest BCUT2D eigenvalue weighted by atomic mass is 9.95. The maximum absolute atomic E-state index is 13.6. The highest BCUT2D eigenvalue weighted by molar-refractivity contribution is 6.35. The number of fused-ring (bicyclic) bond motifs is 1. The fourth-order valence-corrected chi connectivity index (χ4v) is 5.06. The van der Waals surface area contributed by atoms with Gasteiger partial charge in [0, 0.05) is 43.5 Å². The Morgan fingerprint density at radius 3 is 2.94 bits per heavy atom. The minimum atomic E-state index is -0.301. The van der Waals surface area contributed by atoms with Crippen LogP contribution in [0.1, 0.15) is 37.0 Å². The number of nitrogens with zero attached hydrogens (tertiary/aromatic N) is 2. The molecule has 0 aliphatic carbocycles. The number of carbonyl (C=O) groups excluding carboxylic acids is 1. The fraction of sp³-hybridized carbons (Fsp3) is 0.462. The predicted octanol–water partition coefficient (Wildman–Crippen LogP) is 4.21. The van der Waals surface area contributed by atoms with Crippen molar-refractivity contribution in [3.63, 3.8) is 0 Å². The van der Waals surface area contributed by atoms with Crippen molar-refractivity contribution in [2.75, 3.05) is 19.6 Å². The molecule has 0 saturated carbocycles. The van der Waals surface area contributed by atoms with E-state index in [0.717, 1.165) is 49.1 Å². The Balaban J connectivity index is 1.26. The number of pyridine rings is 1. The molecule has 34 heavy (non-hydrogen) atoms. The minimum absolute atomic E-state index is 0.0420. The quantitative estimate of drug-likeness (QED) is 0.424. The summed E-state index contributed by atoms with van der Waals surface area (Å²) in [6.07, 6.45) is 5.47. The van der Waals surface area contributed by atoms with Crippen molar-refractivity contribution < 1.29 is 9.18 Å². The van der Waals surface area contributed by atoms with Crippen molar-refractivity contribution in [3.05, 3.63) is 64.2 Å². The van der Waals surface area contributed by atoms with E-state index >= 15 is 0 Å². The Labute approximate surface area is 205 Å². The average Bonchev–Trinajstić information content (AvgIpc) is 3.40. The molecular formula is C26H33ClFN5O. The molecular weight excluding hydrogens is 453 g/mol. The molecule has 0 unspecified atom stereocenters. The summed E-state index contributed by atoms with van der Waals surface area (Å²) >= 11 is 6.17. The molecule has 1 saturated heterocycles. The summed E-state index contributed by atoms with van der Waals surface area (Å²) in [6, 6.07) is 7.45. The number of rotatable bonds is 9. The van der Waals surface area contributed by atoms with Crippen LogP contribution in [0.15, 0.2) is 36.7 Å². The third-order valence-electron chi connectivity index (χ3n) is 6.82. The van der Waals surface area contributed by atoms with Crippen molar-refractivity contribution in [3.8, 4) is 0 Å². The first-order chi connectivity index (χ1) is 16.3. The topological polar surface area (TPSA) is 73.1 Å². The van der Waals surface area contributed by atoms with Gasteiger partial charge in [0.1, 0.15) is 11.5 Å². The molecule has 3 N–H and O–H groups in total. The molecule has 1 aliphatic rings. The lowest BCUT2D eigenvalue weighted by Gasteiger charge is -2.24. The van der Waals surface area contributed by atoms with E-state index in [9.17, 15) is 9.18 Å². The van der Waals surface area contributed by atoms with Crippen molar-refractivity contribution >= 4 is 28.5 Å². The number of nitrogens with one attached hydrogen (secondary N) is 3. The molecule has 182 valence electrons. The number of carbonyl (C=O) groups is 1. The molecule has 4 rings (SSSR count). The largest absolute Gasteiger partial charge is 0.351 e. The second-order valence-corrected chi connectivity index (χ2v) is 9.76. The highest BCUT2D eigenvalue weighted by atomic mass is 35.5. The van der Waals surface area contributed by atoms with Crippen molar-refractivity contribution in [2.24, 2.45) is 5.92 Å². The number of H-pyrrole nitrogens is 1. The number of benzene rings is 1. The molecule has 0 spiro atoms. The first kappa shape index (κ1) is 24.6. The zero-order valence-corrected chi connectivity index (χ0v) is 20.8. The Morgan fingerprint density at radius 2 is 2.18 bits per heavy atom. The first-order valence-electron chi connectivity index (χ1n) is 12.0. The van der Waals surface area contributed by atoms with Crippen LogP contribution in [0.3, 0.4) is 0 Å². The van der Waals surface area contributed by atoms with Crippen molar-refractivity contribution in [2.45, 2.75) is 52.2 Å². The molecule has 1 fully saturated rings. The number of hydrogen-bond donors (Lipinski definition) is 3. The monoisotopic (exact) mass is 485 g/mol. The Morgan fingerprint density at radius 1 is 1.35 bits per heavy atom. The summed E-state index contributed by atoms with van der Waals surface area (Å²) in [4.78, 5) is 22.5. The summed E-state index contributed by atoms with van der Waals surface area (Å²) in [5.41, 5.74) is 3.53. The molecule has 8 heteroatoms. The van der Waals surface area contributed by atoms with Crippen molar-refractivity contribution in [1.82, 2.24) is 25.5 Å². The van der Waals surface area contributed by atoms with Gasteiger partial charge in [-0.25, -0.2) is 9.37 Å². The Hall–Kier alpha value is -2.48. The van der Waals surface area contributed by atoms with Crippen LogP contribution in [0.5, 0.6) is 0 Å². The van der Waals surface area contributed by atoms with Gasteiger partial charge in [-0.3, -0.25) is 9.69 Å². The van der Waals surface area contributed by atoms with E-state index < -0.39 is 0 Å². The van der Waals surface area contributed by atoms with Crippen LogP contribution in [0.4, 0.5) is 4.39 Å². The summed E-state index contributed by atoms with van der Waals surface area (Å²) in [6.45, 7) is 9.04. The lowest BCUT2D eigenvalue weighted by molar-refractivity contribution is -0.122. The van der Waals surface area contributed by atoms with E-state index in [-0.39, 0.29) is 17.8 Å². The van der Waals surface area contributed by atoms with Crippen LogP contribution in [0.25, 0.3) is 11.0 Å². The molecule has 2 aromatic heterocycles. The van der Waals surface area contributed by atoms with E-state index in [1.807, 2.05) is 32.0 Å². The van der Waals surface area contributed by atoms with Gasteiger partial charge >= 0.3 is 0 Å². The normalized spacial score (nSPS) is 19.6. The van der Waals surface area contributed by atoms with Gasteiger partial charge in [-0.1, -0.05) is 30.7 Å². The van der Waals surface area contributed by atoms with Gasteiger partial charge in [0.25, 0.3) is 0 Å². The van der Waals surface area contributed by atoms with E-state index in [1.54, 1.807) is 18.5 Å². The van der Waals surface area contributed by atoms with E-state index in [4.69, 9.17) is 11.6 Å². The van der Waals surface area contributed by atoms with Gasteiger partial charge in [0.05, 0.1) is 11.1 Å². The molecule has 1 aromatic carbocycles. The zero-order chi connectivity index (χ0) is 24.2. The number of amides is 1. The van der Waals surface area contributed by atoms with Gasteiger partial charge in [-0.2, -0.15) is 0 Å². The summed E-state index contributed by atoms with van der Waals surface area (Å²) in [5, 5.41) is 7.88. The first-order valence-corrected chi connectivity index (χ1v) is 12.3. The lowest BCUT2D eigenvalue weighted by Crippen LogP contribution is -2.47. The van der Waals surface area contributed by atoms with Crippen LogP contribution in [0, 0.1) is 18.7 Å². The highest BCUT2D eigenvalue weighted by Gasteiger charge is 2.31.